The van der Waals surface area contributed by atoms with E-state index in [1.165, 1.54) is 0 Å². The molecule has 0 radical (unpaired) electrons. The minimum atomic E-state index is -0.192. The minimum Gasteiger partial charge on any atom is -0.497 e. The summed E-state index contributed by atoms with van der Waals surface area (Å²) in [6.07, 6.45) is 1.81. The van der Waals surface area contributed by atoms with Crippen LogP contribution < -0.4 is 10.1 Å². The van der Waals surface area contributed by atoms with E-state index in [1.54, 1.807) is 7.11 Å². The molecule has 0 aromatic heterocycles. The molecule has 0 fully saturated rings. The zero-order chi connectivity index (χ0) is 13.6. The summed E-state index contributed by atoms with van der Waals surface area (Å²) in [5.74, 6) is 0.845. The molecule has 0 aliphatic heterocycles. The quantitative estimate of drug-likeness (QED) is 0.812. The maximum atomic E-state index is 9.53. The van der Waals surface area contributed by atoms with Gasteiger partial charge in [0.1, 0.15) is 5.75 Å². The average molecular weight is 316 g/mol. The van der Waals surface area contributed by atoms with Crippen molar-refractivity contribution in [1.29, 1.82) is 0 Å². The second-order valence-electron chi connectivity index (χ2n) is 4.46. The van der Waals surface area contributed by atoms with E-state index in [-0.39, 0.29) is 12.1 Å². The van der Waals surface area contributed by atoms with Crippen LogP contribution in [0.1, 0.15) is 32.3 Å². The predicted molar refractivity (Wildman–Crippen MR) is 77.9 cm³/mol. The molecular weight excluding hydrogens is 294 g/mol. The maximum absolute atomic E-state index is 9.53. The Hall–Kier alpha value is -0.580. The predicted octanol–water partition coefficient (Wildman–Crippen LogP) is 3.10. The molecule has 0 aliphatic rings. The molecular formula is C14H22BrNO2. The van der Waals surface area contributed by atoms with Crippen molar-refractivity contribution in [3.8, 4) is 5.75 Å². The number of aliphatic hydroxyl groups is 1. The maximum Gasteiger partial charge on any atom is 0.119 e. The molecule has 1 rings (SSSR count). The lowest BCUT2D eigenvalue weighted by molar-refractivity contribution is 0.149. The van der Waals surface area contributed by atoms with Crippen LogP contribution >= 0.6 is 15.9 Å². The fraction of sp³-hybridized carbons (Fsp3) is 0.571. The molecule has 0 spiro atoms. The van der Waals surface area contributed by atoms with Gasteiger partial charge in [0.05, 0.1) is 13.7 Å². The summed E-state index contributed by atoms with van der Waals surface area (Å²) in [6, 6.07) is 5.91. The highest BCUT2D eigenvalue weighted by atomic mass is 79.9. The first-order chi connectivity index (χ1) is 8.60. The summed E-state index contributed by atoms with van der Waals surface area (Å²) in [4.78, 5) is 0. The van der Waals surface area contributed by atoms with Crippen molar-refractivity contribution in [1.82, 2.24) is 5.32 Å². The van der Waals surface area contributed by atoms with Gasteiger partial charge in [-0.15, -0.1) is 0 Å². The van der Waals surface area contributed by atoms with Crippen LogP contribution in [0.2, 0.25) is 0 Å². The molecule has 0 amide bonds. The Kier molecular flexibility index (Phi) is 6.12. The summed E-state index contributed by atoms with van der Waals surface area (Å²) >= 11 is 3.54. The molecule has 0 atom stereocenters. The number of aliphatic hydroxyl groups excluding tert-OH is 1. The Balaban J connectivity index is 2.78. The van der Waals surface area contributed by atoms with Gasteiger partial charge >= 0.3 is 0 Å². The summed E-state index contributed by atoms with van der Waals surface area (Å²) in [7, 11) is 1.66. The highest BCUT2D eigenvalue weighted by Gasteiger charge is 2.24. The van der Waals surface area contributed by atoms with Crippen LogP contribution in [0.5, 0.6) is 5.75 Å². The number of halogens is 1. The van der Waals surface area contributed by atoms with E-state index < -0.39 is 0 Å². The van der Waals surface area contributed by atoms with Crippen LogP contribution in [-0.2, 0) is 6.54 Å². The van der Waals surface area contributed by atoms with Gasteiger partial charge in [0.2, 0.25) is 0 Å². The van der Waals surface area contributed by atoms with Crippen LogP contribution in [0.3, 0.4) is 0 Å². The van der Waals surface area contributed by atoms with Crippen LogP contribution in [0.4, 0.5) is 0 Å². The molecule has 1 aromatic carbocycles. The molecule has 1 aromatic rings. The first-order valence-electron chi connectivity index (χ1n) is 6.29. The summed E-state index contributed by atoms with van der Waals surface area (Å²) in [5, 5.41) is 13.0. The molecule has 0 unspecified atom stereocenters. The molecule has 3 nitrogen and oxygen atoms in total. The number of benzene rings is 1. The van der Waals surface area contributed by atoms with E-state index in [9.17, 15) is 5.11 Å². The monoisotopic (exact) mass is 315 g/mol. The normalized spacial score (nSPS) is 11.6. The third kappa shape index (κ3) is 3.70. The second kappa shape index (κ2) is 7.12. The van der Waals surface area contributed by atoms with Crippen molar-refractivity contribution in [2.75, 3.05) is 13.7 Å². The molecule has 4 heteroatoms. The highest BCUT2D eigenvalue weighted by molar-refractivity contribution is 9.10. The number of rotatable bonds is 7. The van der Waals surface area contributed by atoms with E-state index in [1.807, 2.05) is 18.2 Å². The van der Waals surface area contributed by atoms with Gasteiger partial charge in [-0.2, -0.15) is 0 Å². The first-order valence-corrected chi connectivity index (χ1v) is 7.08. The molecule has 0 saturated heterocycles. The SMILES string of the molecule is CCC(CC)(CO)NCc1cc(OC)ccc1Br. The van der Waals surface area contributed by atoms with Gasteiger partial charge in [0, 0.05) is 16.6 Å². The van der Waals surface area contributed by atoms with Crippen LogP contribution in [0, 0.1) is 0 Å². The van der Waals surface area contributed by atoms with Crippen molar-refractivity contribution in [3.05, 3.63) is 28.2 Å². The van der Waals surface area contributed by atoms with Gasteiger partial charge in [-0.25, -0.2) is 0 Å². The summed E-state index contributed by atoms with van der Waals surface area (Å²) in [6.45, 7) is 5.04. The molecule has 0 aliphatic carbocycles. The van der Waals surface area contributed by atoms with Crippen molar-refractivity contribution in [3.63, 3.8) is 0 Å². The van der Waals surface area contributed by atoms with Gasteiger partial charge in [-0.05, 0) is 36.6 Å². The van der Waals surface area contributed by atoms with Gasteiger partial charge in [-0.3, -0.25) is 0 Å². The zero-order valence-electron chi connectivity index (χ0n) is 11.3. The smallest absolute Gasteiger partial charge is 0.119 e. The lowest BCUT2D eigenvalue weighted by Gasteiger charge is -2.31. The zero-order valence-corrected chi connectivity index (χ0v) is 12.9. The lowest BCUT2D eigenvalue weighted by Crippen LogP contribution is -2.47. The van der Waals surface area contributed by atoms with Crippen LogP contribution in [-0.4, -0.2) is 24.4 Å². The minimum absolute atomic E-state index is 0.154. The summed E-state index contributed by atoms with van der Waals surface area (Å²) < 4.78 is 6.27. The number of ether oxygens (including phenoxy) is 1. The van der Waals surface area contributed by atoms with Crippen molar-refractivity contribution in [2.24, 2.45) is 0 Å². The molecule has 102 valence electrons. The first kappa shape index (κ1) is 15.5. The lowest BCUT2D eigenvalue weighted by atomic mass is 9.93. The average Bonchev–Trinajstić information content (AvgIpc) is 2.42. The van der Waals surface area contributed by atoms with E-state index in [0.29, 0.717) is 6.54 Å². The standard InChI is InChI=1S/C14H22BrNO2/c1-4-14(5-2,10-17)16-9-11-8-12(18-3)6-7-13(11)15/h6-8,16-17H,4-5,9-10H2,1-3H3. The fourth-order valence-electron chi connectivity index (χ4n) is 1.88. The van der Waals surface area contributed by atoms with E-state index in [2.05, 4.69) is 35.1 Å². The van der Waals surface area contributed by atoms with E-state index in [0.717, 1.165) is 28.6 Å². The van der Waals surface area contributed by atoms with Crippen molar-refractivity contribution >= 4 is 15.9 Å². The van der Waals surface area contributed by atoms with Crippen LogP contribution in [0.15, 0.2) is 22.7 Å². The van der Waals surface area contributed by atoms with E-state index >= 15 is 0 Å². The third-order valence-electron chi connectivity index (χ3n) is 3.56. The molecule has 0 bridgehead atoms. The van der Waals surface area contributed by atoms with E-state index in [4.69, 9.17) is 4.74 Å². The largest absolute Gasteiger partial charge is 0.497 e. The molecule has 18 heavy (non-hydrogen) atoms. The van der Waals surface area contributed by atoms with Crippen molar-refractivity contribution in [2.45, 2.75) is 38.8 Å². The Morgan fingerprint density at radius 3 is 2.50 bits per heavy atom. The van der Waals surface area contributed by atoms with Gasteiger partial charge in [0.15, 0.2) is 0 Å². The molecule has 0 saturated carbocycles. The van der Waals surface area contributed by atoms with Gasteiger partial charge in [0.25, 0.3) is 0 Å². The van der Waals surface area contributed by atoms with Gasteiger partial charge in [-0.1, -0.05) is 29.8 Å². The number of methoxy groups -OCH3 is 1. The Morgan fingerprint density at radius 1 is 1.33 bits per heavy atom. The second-order valence-corrected chi connectivity index (χ2v) is 5.31. The Labute approximate surface area is 118 Å². The Bertz CT molecular complexity index is 370. The molecule has 0 heterocycles. The highest BCUT2D eigenvalue weighted by Crippen LogP contribution is 2.24. The Morgan fingerprint density at radius 2 is 2.00 bits per heavy atom. The number of hydrogen-bond donors (Lipinski definition) is 2. The van der Waals surface area contributed by atoms with Crippen LogP contribution in [0.25, 0.3) is 0 Å². The van der Waals surface area contributed by atoms with Crippen molar-refractivity contribution < 1.29 is 9.84 Å². The number of nitrogens with one attached hydrogen (secondary N) is 1. The third-order valence-corrected chi connectivity index (χ3v) is 4.34. The number of hydrogen-bond acceptors (Lipinski definition) is 3. The van der Waals surface area contributed by atoms with Gasteiger partial charge < -0.3 is 15.2 Å². The topological polar surface area (TPSA) is 41.5 Å². The summed E-state index contributed by atoms with van der Waals surface area (Å²) in [5.41, 5.74) is 0.941. The fourth-order valence-corrected chi connectivity index (χ4v) is 2.26. The molecule has 2 N–H and O–H groups in total.